The molecule has 0 bridgehead atoms. The molecule has 0 saturated carbocycles. The number of aromatic nitrogens is 1. The van der Waals surface area contributed by atoms with Gasteiger partial charge in [-0.1, -0.05) is 18.2 Å². The molecule has 4 rings (SSSR count). The highest BCUT2D eigenvalue weighted by atomic mass is 16.3. The topological polar surface area (TPSA) is 55.4 Å². The summed E-state index contributed by atoms with van der Waals surface area (Å²) in [5.41, 5.74) is 4.41. The van der Waals surface area contributed by atoms with Gasteiger partial charge in [0.05, 0.1) is 18.2 Å². The van der Waals surface area contributed by atoms with Crippen LogP contribution in [0.1, 0.15) is 24.0 Å². The van der Waals surface area contributed by atoms with Crippen LogP contribution in [0, 0.1) is 11.3 Å². The van der Waals surface area contributed by atoms with E-state index in [-0.39, 0.29) is 6.61 Å². The number of rotatable bonds is 8. The molecular formula is C25H30N4O. The Hall–Kier alpha value is -2.81. The average Bonchev–Trinajstić information content (AvgIpc) is 3.14. The van der Waals surface area contributed by atoms with Crippen molar-refractivity contribution in [1.82, 2.24) is 9.47 Å². The third-order valence-corrected chi connectivity index (χ3v) is 6.10. The molecule has 0 atom stereocenters. The number of aryl methyl sites for hydroxylation is 1. The molecule has 1 aromatic heterocycles. The van der Waals surface area contributed by atoms with Crippen LogP contribution in [0.3, 0.4) is 0 Å². The molecule has 2 heterocycles. The van der Waals surface area contributed by atoms with E-state index >= 15 is 0 Å². The van der Waals surface area contributed by atoms with Crippen LogP contribution in [-0.4, -0.2) is 53.9 Å². The van der Waals surface area contributed by atoms with Crippen LogP contribution < -0.4 is 4.90 Å². The molecule has 156 valence electrons. The second-order valence-electron chi connectivity index (χ2n) is 8.04. The highest BCUT2D eigenvalue weighted by molar-refractivity contribution is 5.85. The lowest BCUT2D eigenvalue weighted by atomic mass is 10.1. The summed E-state index contributed by atoms with van der Waals surface area (Å²) in [4.78, 5) is 5.04. The number of nitrogens with zero attached hydrogens (tertiary/aromatic N) is 4. The Bertz CT molecular complexity index is 997. The van der Waals surface area contributed by atoms with Gasteiger partial charge in [0.15, 0.2) is 0 Å². The van der Waals surface area contributed by atoms with E-state index in [4.69, 9.17) is 0 Å². The summed E-state index contributed by atoms with van der Waals surface area (Å²) in [6.45, 7) is 6.28. The third-order valence-electron chi connectivity index (χ3n) is 6.10. The minimum absolute atomic E-state index is 0.123. The van der Waals surface area contributed by atoms with E-state index in [1.54, 1.807) is 0 Å². The summed E-state index contributed by atoms with van der Waals surface area (Å²) in [5, 5.41) is 19.8. The molecule has 0 unspecified atom stereocenters. The van der Waals surface area contributed by atoms with Crippen molar-refractivity contribution in [1.29, 1.82) is 5.26 Å². The standard InChI is InChI=1S/C25H30N4O/c26-19-21-9-10-25-24(18-21)22(20-29(25)16-17-30)6-4-5-11-27-12-14-28(15-13-27)23-7-2-1-3-8-23/h1-3,7-10,18,20,30H,4-6,11-17H2. The molecule has 1 fully saturated rings. The van der Waals surface area contributed by atoms with Crippen LogP contribution in [0.25, 0.3) is 10.9 Å². The molecule has 0 radical (unpaired) electrons. The fourth-order valence-electron chi connectivity index (χ4n) is 4.45. The Labute approximate surface area is 178 Å². The van der Waals surface area contributed by atoms with E-state index in [1.165, 1.54) is 17.7 Å². The van der Waals surface area contributed by atoms with Crippen molar-refractivity contribution in [2.24, 2.45) is 0 Å². The normalized spacial score (nSPS) is 14.9. The van der Waals surface area contributed by atoms with Crippen molar-refractivity contribution >= 4 is 16.6 Å². The second-order valence-corrected chi connectivity index (χ2v) is 8.04. The predicted molar refractivity (Wildman–Crippen MR) is 122 cm³/mol. The number of unbranched alkanes of at least 4 members (excludes halogenated alkanes) is 1. The van der Waals surface area contributed by atoms with Crippen molar-refractivity contribution in [3.8, 4) is 6.07 Å². The summed E-state index contributed by atoms with van der Waals surface area (Å²) in [6.07, 6.45) is 5.47. The Balaban J connectivity index is 1.29. The Morgan fingerprint density at radius 3 is 2.47 bits per heavy atom. The Morgan fingerprint density at radius 1 is 0.933 bits per heavy atom. The van der Waals surface area contributed by atoms with Crippen molar-refractivity contribution < 1.29 is 5.11 Å². The number of aliphatic hydroxyl groups is 1. The number of hydrogen-bond donors (Lipinski definition) is 1. The SMILES string of the molecule is N#Cc1ccc2c(c1)c(CCCCN1CCN(c3ccccc3)CC1)cn2CCO. The van der Waals surface area contributed by atoms with Gasteiger partial charge >= 0.3 is 0 Å². The van der Waals surface area contributed by atoms with Gasteiger partial charge < -0.3 is 14.6 Å². The lowest BCUT2D eigenvalue weighted by Crippen LogP contribution is -2.46. The van der Waals surface area contributed by atoms with Crippen LogP contribution in [-0.2, 0) is 13.0 Å². The van der Waals surface area contributed by atoms with Crippen molar-refractivity contribution in [2.45, 2.75) is 25.8 Å². The molecule has 0 spiro atoms. The highest BCUT2D eigenvalue weighted by Gasteiger charge is 2.16. The van der Waals surface area contributed by atoms with Gasteiger partial charge in [-0.2, -0.15) is 5.26 Å². The van der Waals surface area contributed by atoms with Gasteiger partial charge in [0.1, 0.15) is 0 Å². The summed E-state index contributed by atoms with van der Waals surface area (Å²) in [6, 6.07) is 18.8. The summed E-state index contributed by atoms with van der Waals surface area (Å²) >= 11 is 0. The van der Waals surface area contributed by atoms with Crippen LogP contribution in [0.5, 0.6) is 0 Å². The Morgan fingerprint density at radius 2 is 1.73 bits per heavy atom. The molecule has 1 saturated heterocycles. The molecule has 5 nitrogen and oxygen atoms in total. The molecule has 1 aliphatic heterocycles. The van der Waals surface area contributed by atoms with Gasteiger partial charge in [0.2, 0.25) is 0 Å². The predicted octanol–water partition coefficient (Wildman–Crippen LogP) is 3.65. The molecule has 0 amide bonds. The number of aliphatic hydroxyl groups excluding tert-OH is 1. The maximum Gasteiger partial charge on any atom is 0.0991 e. The zero-order valence-corrected chi connectivity index (χ0v) is 17.5. The van der Waals surface area contributed by atoms with E-state index in [0.717, 1.165) is 56.5 Å². The monoisotopic (exact) mass is 402 g/mol. The Kier molecular flexibility index (Phi) is 6.68. The minimum Gasteiger partial charge on any atom is -0.395 e. The van der Waals surface area contributed by atoms with Gasteiger partial charge in [-0.15, -0.1) is 0 Å². The highest BCUT2D eigenvalue weighted by Crippen LogP contribution is 2.24. The molecule has 3 aromatic rings. The first kappa shape index (κ1) is 20.5. The van der Waals surface area contributed by atoms with E-state index in [9.17, 15) is 10.4 Å². The lowest BCUT2D eigenvalue weighted by molar-refractivity contribution is 0.253. The van der Waals surface area contributed by atoms with Gasteiger partial charge in [-0.3, -0.25) is 4.90 Å². The van der Waals surface area contributed by atoms with Crippen LogP contribution in [0.15, 0.2) is 54.7 Å². The smallest absolute Gasteiger partial charge is 0.0991 e. The van der Waals surface area contributed by atoms with E-state index < -0.39 is 0 Å². The maximum atomic E-state index is 9.36. The molecule has 0 aliphatic carbocycles. The first-order valence-corrected chi connectivity index (χ1v) is 10.9. The fraction of sp³-hybridized carbons (Fsp3) is 0.400. The first-order chi connectivity index (χ1) is 14.8. The number of hydrogen-bond acceptors (Lipinski definition) is 4. The van der Waals surface area contributed by atoms with Crippen molar-refractivity contribution in [3.05, 3.63) is 65.9 Å². The van der Waals surface area contributed by atoms with Gasteiger partial charge in [-0.25, -0.2) is 0 Å². The molecular weight excluding hydrogens is 372 g/mol. The molecule has 5 heteroatoms. The molecule has 2 aromatic carbocycles. The number of para-hydroxylation sites is 1. The molecule has 30 heavy (non-hydrogen) atoms. The summed E-state index contributed by atoms with van der Waals surface area (Å²) in [7, 11) is 0. The van der Waals surface area contributed by atoms with Crippen molar-refractivity contribution in [3.63, 3.8) is 0 Å². The fourth-order valence-corrected chi connectivity index (χ4v) is 4.45. The largest absolute Gasteiger partial charge is 0.395 e. The zero-order chi connectivity index (χ0) is 20.8. The van der Waals surface area contributed by atoms with Crippen LogP contribution in [0.2, 0.25) is 0 Å². The van der Waals surface area contributed by atoms with E-state index in [0.29, 0.717) is 12.1 Å². The summed E-state index contributed by atoms with van der Waals surface area (Å²) < 4.78 is 2.11. The minimum atomic E-state index is 0.123. The maximum absolute atomic E-state index is 9.36. The second kappa shape index (κ2) is 9.80. The van der Waals surface area contributed by atoms with Gasteiger partial charge in [-0.05, 0) is 61.7 Å². The van der Waals surface area contributed by atoms with Crippen LogP contribution >= 0.6 is 0 Å². The number of nitriles is 1. The van der Waals surface area contributed by atoms with Gasteiger partial charge in [0.25, 0.3) is 0 Å². The summed E-state index contributed by atoms with van der Waals surface area (Å²) in [5.74, 6) is 0. The van der Waals surface area contributed by atoms with Crippen LogP contribution in [0.4, 0.5) is 5.69 Å². The third kappa shape index (κ3) is 4.67. The average molecular weight is 403 g/mol. The van der Waals surface area contributed by atoms with Crippen molar-refractivity contribution in [2.75, 3.05) is 44.2 Å². The number of benzene rings is 2. The number of anilines is 1. The zero-order valence-electron chi connectivity index (χ0n) is 17.5. The molecule has 1 aliphatic rings. The van der Waals surface area contributed by atoms with E-state index in [2.05, 4.69) is 57.0 Å². The lowest BCUT2D eigenvalue weighted by Gasteiger charge is -2.36. The number of fused-ring (bicyclic) bond motifs is 1. The quantitative estimate of drug-likeness (QED) is 0.585. The number of piperazine rings is 1. The first-order valence-electron chi connectivity index (χ1n) is 10.9. The van der Waals surface area contributed by atoms with E-state index in [1.807, 2.05) is 18.2 Å². The molecule has 1 N–H and O–H groups in total. The van der Waals surface area contributed by atoms with Gasteiger partial charge in [0, 0.05) is 55.5 Å².